The summed E-state index contributed by atoms with van der Waals surface area (Å²) in [5.74, 6) is 2.22. The Labute approximate surface area is 222 Å². The van der Waals surface area contributed by atoms with Gasteiger partial charge in [0.15, 0.2) is 0 Å². The van der Waals surface area contributed by atoms with Crippen molar-refractivity contribution in [3.8, 4) is 11.5 Å². The number of ether oxygens (including phenoxy) is 2. The van der Waals surface area contributed by atoms with E-state index in [0.717, 1.165) is 60.4 Å². The van der Waals surface area contributed by atoms with E-state index in [-0.39, 0.29) is 11.3 Å². The standard InChI is InChI=1S/C31H39F5O2/c1-2-3-4-5-22-6-8-23(9-7-22)24-10-12-25(13-11-24)26-14-16-27(17-15-26)30(32,33)37-28-18-20-29(21-19-28)38-31(34,35)36/h14-25H,2-13H2,1H3/t22-,23-,24-,25-. The molecule has 0 atom stereocenters. The lowest BCUT2D eigenvalue weighted by Crippen LogP contribution is -2.25. The molecule has 0 spiro atoms. The Morgan fingerprint density at radius 2 is 1.18 bits per heavy atom. The molecule has 2 aliphatic carbocycles. The van der Waals surface area contributed by atoms with E-state index in [2.05, 4.69) is 11.7 Å². The highest BCUT2D eigenvalue weighted by molar-refractivity contribution is 5.33. The van der Waals surface area contributed by atoms with Crippen LogP contribution in [0.1, 0.15) is 101 Å². The Kier molecular flexibility index (Phi) is 9.59. The highest BCUT2D eigenvalue weighted by atomic mass is 19.4. The van der Waals surface area contributed by atoms with Gasteiger partial charge in [-0.2, -0.15) is 8.78 Å². The monoisotopic (exact) mass is 538 g/mol. The lowest BCUT2D eigenvalue weighted by molar-refractivity contribution is -0.274. The van der Waals surface area contributed by atoms with Crippen molar-refractivity contribution < 1.29 is 31.4 Å². The summed E-state index contributed by atoms with van der Waals surface area (Å²) in [6.45, 7) is 2.26. The summed E-state index contributed by atoms with van der Waals surface area (Å²) >= 11 is 0. The summed E-state index contributed by atoms with van der Waals surface area (Å²) in [6.07, 6.45) is 7.09. The smallest absolute Gasteiger partial charge is 0.429 e. The summed E-state index contributed by atoms with van der Waals surface area (Å²) in [5, 5.41) is 0. The van der Waals surface area contributed by atoms with E-state index in [1.54, 1.807) is 12.1 Å². The van der Waals surface area contributed by atoms with Crippen LogP contribution in [0.4, 0.5) is 22.0 Å². The van der Waals surface area contributed by atoms with Crippen LogP contribution in [0.25, 0.3) is 0 Å². The lowest BCUT2D eigenvalue weighted by Gasteiger charge is -2.38. The molecule has 2 nitrogen and oxygen atoms in total. The summed E-state index contributed by atoms with van der Waals surface area (Å²) in [7, 11) is 0. The first-order valence-electron chi connectivity index (χ1n) is 14.2. The molecule has 0 amide bonds. The maximum atomic E-state index is 14.7. The van der Waals surface area contributed by atoms with Crippen molar-refractivity contribution in [1.29, 1.82) is 0 Å². The van der Waals surface area contributed by atoms with Crippen LogP contribution in [0.2, 0.25) is 0 Å². The van der Waals surface area contributed by atoms with Gasteiger partial charge in [0.2, 0.25) is 0 Å². The maximum Gasteiger partial charge on any atom is 0.573 e. The number of rotatable bonds is 10. The third-order valence-electron chi connectivity index (χ3n) is 8.57. The molecule has 210 valence electrons. The van der Waals surface area contributed by atoms with E-state index >= 15 is 0 Å². The van der Waals surface area contributed by atoms with Crippen LogP contribution < -0.4 is 9.47 Å². The van der Waals surface area contributed by atoms with Crippen LogP contribution in [0.5, 0.6) is 11.5 Å². The molecule has 2 saturated carbocycles. The van der Waals surface area contributed by atoms with Gasteiger partial charge < -0.3 is 9.47 Å². The summed E-state index contributed by atoms with van der Waals surface area (Å²) in [6, 6.07) is 10.3. The third-order valence-corrected chi connectivity index (χ3v) is 8.57. The molecular formula is C31H39F5O2. The molecule has 0 aromatic heterocycles. The van der Waals surface area contributed by atoms with E-state index < -0.39 is 18.2 Å². The van der Waals surface area contributed by atoms with Crippen molar-refractivity contribution in [1.82, 2.24) is 0 Å². The Balaban J connectivity index is 1.25. The highest BCUT2D eigenvalue weighted by Crippen LogP contribution is 2.45. The van der Waals surface area contributed by atoms with E-state index in [9.17, 15) is 22.0 Å². The van der Waals surface area contributed by atoms with E-state index in [4.69, 9.17) is 4.74 Å². The average Bonchev–Trinajstić information content (AvgIpc) is 2.90. The maximum absolute atomic E-state index is 14.7. The van der Waals surface area contributed by atoms with Gasteiger partial charge in [0.1, 0.15) is 11.5 Å². The van der Waals surface area contributed by atoms with Gasteiger partial charge in [0.25, 0.3) is 0 Å². The van der Waals surface area contributed by atoms with Crippen LogP contribution in [-0.4, -0.2) is 6.36 Å². The summed E-state index contributed by atoms with van der Waals surface area (Å²) in [4.78, 5) is 0. The number of hydrogen-bond donors (Lipinski definition) is 0. The SMILES string of the molecule is CCCCC[C@H]1CC[C@H]([C@H]2CC[C@H](c3ccc(C(F)(F)Oc4ccc(OC(F)(F)F)cc4)cc3)CC2)CC1. The Morgan fingerprint density at radius 3 is 1.71 bits per heavy atom. The molecule has 0 unspecified atom stereocenters. The van der Waals surface area contributed by atoms with Gasteiger partial charge in [0.05, 0.1) is 5.56 Å². The Hall–Kier alpha value is -2.31. The zero-order chi connectivity index (χ0) is 27.2. The number of hydrogen-bond acceptors (Lipinski definition) is 2. The second kappa shape index (κ2) is 12.7. The molecule has 38 heavy (non-hydrogen) atoms. The van der Waals surface area contributed by atoms with E-state index in [0.29, 0.717) is 5.92 Å². The topological polar surface area (TPSA) is 18.5 Å². The largest absolute Gasteiger partial charge is 0.573 e. The molecule has 0 saturated heterocycles. The molecule has 2 aromatic carbocycles. The third kappa shape index (κ3) is 8.09. The Bertz CT molecular complexity index is 971. The quantitative estimate of drug-likeness (QED) is 0.221. The zero-order valence-corrected chi connectivity index (χ0v) is 22.1. The minimum atomic E-state index is -4.85. The second-order valence-electron chi connectivity index (χ2n) is 11.1. The van der Waals surface area contributed by atoms with Crippen LogP contribution in [0.15, 0.2) is 48.5 Å². The van der Waals surface area contributed by atoms with Crippen LogP contribution in [-0.2, 0) is 6.11 Å². The summed E-state index contributed by atoms with van der Waals surface area (Å²) in [5.41, 5.74) is 0.789. The molecule has 4 rings (SSSR count). The first-order valence-corrected chi connectivity index (χ1v) is 14.2. The minimum Gasteiger partial charge on any atom is -0.429 e. The van der Waals surface area contributed by atoms with Crippen molar-refractivity contribution in [2.75, 3.05) is 0 Å². The molecular weight excluding hydrogens is 499 g/mol. The molecule has 2 aromatic rings. The van der Waals surface area contributed by atoms with Gasteiger partial charge in [-0.05, 0) is 104 Å². The van der Waals surface area contributed by atoms with Gasteiger partial charge in [-0.25, -0.2) is 0 Å². The van der Waals surface area contributed by atoms with Gasteiger partial charge in [-0.3, -0.25) is 0 Å². The molecule has 0 radical (unpaired) electrons. The fourth-order valence-corrected chi connectivity index (χ4v) is 6.42. The van der Waals surface area contributed by atoms with Crippen molar-refractivity contribution in [2.45, 2.75) is 102 Å². The number of alkyl halides is 5. The van der Waals surface area contributed by atoms with Crippen LogP contribution >= 0.6 is 0 Å². The Morgan fingerprint density at radius 1 is 0.658 bits per heavy atom. The number of halogens is 5. The number of unbranched alkanes of at least 4 members (excludes halogenated alkanes) is 2. The first-order chi connectivity index (χ1) is 18.1. The van der Waals surface area contributed by atoms with Crippen molar-refractivity contribution in [3.63, 3.8) is 0 Å². The normalized spacial score (nSPS) is 24.7. The fourth-order valence-electron chi connectivity index (χ4n) is 6.42. The van der Waals surface area contributed by atoms with E-state index in [1.807, 2.05) is 0 Å². The molecule has 0 heterocycles. The van der Waals surface area contributed by atoms with Crippen molar-refractivity contribution in [2.24, 2.45) is 17.8 Å². The van der Waals surface area contributed by atoms with Gasteiger partial charge >= 0.3 is 12.5 Å². The van der Waals surface area contributed by atoms with Crippen molar-refractivity contribution in [3.05, 3.63) is 59.7 Å². The highest BCUT2D eigenvalue weighted by Gasteiger charge is 2.36. The predicted octanol–water partition coefficient (Wildman–Crippen LogP) is 10.4. The molecule has 0 bridgehead atoms. The minimum absolute atomic E-state index is 0.248. The second-order valence-corrected chi connectivity index (χ2v) is 11.1. The van der Waals surface area contributed by atoms with Gasteiger partial charge in [0, 0.05) is 0 Å². The molecule has 0 aliphatic heterocycles. The van der Waals surface area contributed by atoms with E-state index in [1.165, 1.54) is 76.3 Å². The fraction of sp³-hybridized carbons (Fsp3) is 0.613. The predicted molar refractivity (Wildman–Crippen MR) is 138 cm³/mol. The molecule has 2 fully saturated rings. The first kappa shape index (κ1) is 28.7. The summed E-state index contributed by atoms with van der Waals surface area (Å²) < 4.78 is 74.9. The number of benzene rings is 2. The van der Waals surface area contributed by atoms with Crippen molar-refractivity contribution >= 4 is 0 Å². The molecule has 7 heteroatoms. The molecule has 0 N–H and O–H groups in total. The lowest BCUT2D eigenvalue weighted by atomic mass is 9.68. The molecule has 2 aliphatic rings. The zero-order valence-electron chi connectivity index (χ0n) is 22.1. The average molecular weight is 539 g/mol. The van der Waals surface area contributed by atoms with Gasteiger partial charge in [-0.1, -0.05) is 57.6 Å². The van der Waals surface area contributed by atoms with Gasteiger partial charge in [-0.15, -0.1) is 13.2 Å². The van der Waals surface area contributed by atoms with Crippen LogP contribution in [0.3, 0.4) is 0 Å². The van der Waals surface area contributed by atoms with Crippen LogP contribution in [0, 0.1) is 17.8 Å².